The molecule has 0 spiro atoms. The van der Waals surface area contributed by atoms with Crippen LogP contribution in [0.5, 0.6) is 0 Å². The van der Waals surface area contributed by atoms with Gasteiger partial charge in [-0.15, -0.1) is 5.10 Å². The van der Waals surface area contributed by atoms with Crippen LogP contribution < -0.4 is 10.2 Å². The highest BCUT2D eigenvalue weighted by Crippen LogP contribution is 2.28. The van der Waals surface area contributed by atoms with Crippen LogP contribution in [0.4, 0.5) is 6.01 Å². The number of hydrogen-bond donors (Lipinski definition) is 1. The number of rotatable bonds is 4. The molecule has 1 aliphatic heterocycles. The van der Waals surface area contributed by atoms with E-state index in [1.807, 2.05) is 11.8 Å². The molecule has 2 rings (SSSR count). The summed E-state index contributed by atoms with van der Waals surface area (Å²) in [7, 11) is 0. The zero-order valence-corrected chi connectivity index (χ0v) is 12.3. The van der Waals surface area contributed by atoms with E-state index < -0.39 is 0 Å². The second-order valence-corrected chi connectivity index (χ2v) is 6.51. The average molecular weight is 270 g/mol. The van der Waals surface area contributed by atoms with E-state index in [2.05, 4.69) is 48.1 Å². The van der Waals surface area contributed by atoms with Gasteiger partial charge in [0.25, 0.3) is 0 Å². The van der Waals surface area contributed by atoms with Crippen LogP contribution in [0.2, 0.25) is 0 Å². The molecule has 102 valence electrons. The van der Waals surface area contributed by atoms with Gasteiger partial charge in [-0.25, -0.2) is 0 Å². The molecule has 1 aromatic heterocycles. The summed E-state index contributed by atoms with van der Waals surface area (Å²) in [6.07, 6.45) is 0. The van der Waals surface area contributed by atoms with Gasteiger partial charge in [0.05, 0.1) is 6.54 Å². The van der Waals surface area contributed by atoms with Crippen LogP contribution in [0.15, 0.2) is 4.42 Å². The Morgan fingerprint density at radius 2 is 2.22 bits per heavy atom. The normalized spacial score (nSPS) is 24.8. The van der Waals surface area contributed by atoms with Gasteiger partial charge >= 0.3 is 6.01 Å². The number of nitrogens with zero attached hydrogens (tertiary/aromatic N) is 3. The summed E-state index contributed by atoms with van der Waals surface area (Å²) in [6.45, 7) is 10.3. The second kappa shape index (κ2) is 5.93. The summed E-state index contributed by atoms with van der Waals surface area (Å²) in [5.41, 5.74) is 0. The maximum atomic E-state index is 5.72. The summed E-state index contributed by atoms with van der Waals surface area (Å²) >= 11 is 2.00. The molecule has 2 atom stereocenters. The van der Waals surface area contributed by atoms with Crippen molar-refractivity contribution in [3.8, 4) is 0 Å². The third kappa shape index (κ3) is 3.17. The number of thioether (sulfide) groups is 1. The minimum atomic E-state index is 0.422. The van der Waals surface area contributed by atoms with E-state index >= 15 is 0 Å². The average Bonchev–Trinajstić information content (AvgIpc) is 2.78. The first-order chi connectivity index (χ1) is 8.58. The molecule has 0 aromatic carbocycles. The molecule has 0 aliphatic carbocycles. The largest absolute Gasteiger partial charge is 0.407 e. The fraction of sp³-hybridized carbons (Fsp3) is 0.833. The third-order valence-electron chi connectivity index (χ3n) is 3.25. The lowest BCUT2D eigenvalue weighted by atomic mass is 10.2. The van der Waals surface area contributed by atoms with Gasteiger partial charge in [0.2, 0.25) is 5.89 Å². The molecular formula is C12H22N4OS. The molecule has 0 radical (unpaired) electrons. The molecule has 1 fully saturated rings. The molecular weight excluding hydrogens is 248 g/mol. The first-order valence-corrected chi connectivity index (χ1v) is 7.57. The summed E-state index contributed by atoms with van der Waals surface area (Å²) in [6, 6.07) is 1.52. The summed E-state index contributed by atoms with van der Waals surface area (Å²) in [5, 5.41) is 12.1. The van der Waals surface area contributed by atoms with Gasteiger partial charge in [0.15, 0.2) is 0 Å². The Kier molecular flexibility index (Phi) is 4.50. The van der Waals surface area contributed by atoms with Gasteiger partial charge in [-0.3, -0.25) is 0 Å². The van der Waals surface area contributed by atoms with Crippen LogP contribution in [0.1, 0.15) is 33.6 Å². The van der Waals surface area contributed by atoms with Gasteiger partial charge < -0.3 is 14.6 Å². The lowest BCUT2D eigenvalue weighted by Crippen LogP contribution is -2.44. The van der Waals surface area contributed by atoms with Crippen molar-refractivity contribution < 1.29 is 4.42 Å². The minimum Gasteiger partial charge on any atom is -0.407 e. The first kappa shape index (κ1) is 13.7. The Hall–Kier alpha value is -0.750. The van der Waals surface area contributed by atoms with Crippen molar-refractivity contribution in [3.63, 3.8) is 0 Å². The number of aromatic nitrogens is 2. The van der Waals surface area contributed by atoms with Crippen LogP contribution >= 0.6 is 11.8 Å². The summed E-state index contributed by atoms with van der Waals surface area (Å²) in [4.78, 5) is 2.22. The third-order valence-corrected chi connectivity index (χ3v) is 4.59. The highest BCUT2D eigenvalue weighted by Gasteiger charge is 2.28. The van der Waals surface area contributed by atoms with Crippen LogP contribution in [0, 0.1) is 0 Å². The predicted molar refractivity (Wildman–Crippen MR) is 75.0 cm³/mol. The quantitative estimate of drug-likeness (QED) is 0.902. The van der Waals surface area contributed by atoms with Crippen molar-refractivity contribution in [2.24, 2.45) is 0 Å². The van der Waals surface area contributed by atoms with Crippen molar-refractivity contribution in [3.05, 3.63) is 5.89 Å². The van der Waals surface area contributed by atoms with Crippen LogP contribution in [0.3, 0.4) is 0 Å². The fourth-order valence-corrected chi connectivity index (χ4v) is 3.03. The highest BCUT2D eigenvalue weighted by atomic mass is 32.2. The molecule has 18 heavy (non-hydrogen) atoms. The summed E-state index contributed by atoms with van der Waals surface area (Å²) < 4.78 is 5.72. The Bertz CT molecular complexity index is 382. The topological polar surface area (TPSA) is 54.2 Å². The van der Waals surface area contributed by atoms with E-state index in [9.17, 15) is 0 Å². The van der Waals surface area contributed by atoms with Crippen LogP contribution in [0.25, 0.3) is 0 Å². The fourth-order valence-electron chi connectivity index (χ4n) is 1.93. The van der Waals surface area contributed by atoms with Gasteiger partial charge in [0.1, 0.15) is 0 Å². The van der Waals surface area contributed by atoms with E-state index in [-0.39, 0.29) is 0 Å². The van der Waals surface area contributed by atoms with E-state index in [0.29, 0.717) is 35.8 Å². The standard InChI is InChI=1S/C12H22N4OS/c1-8(2)13-7-11-14-15-12(17-11)16-5-6-18-10(4)9(16)3/h8-10,13H,5-7H2,1-4H3. The molecule has 6 heteroatoms. The molecule has 1 saturated heterocycles. The van der Waals surface area contributed by atoms with Crippen molar-refractivity contribution in [2.75, 3.05) is 17.2 Å². The van der Waals surface area contributed by atoms with Crippen molar-refractivity contribution in [1.29, 1.82) is 0 Å². The summed E-state index contributed by atoms with van der Waals surface area (Å²) in [5.74, 6) is 1.78. The Labute approximate surface area is 113 Å². The molecule has 2 unspecified atom stereocenters. The smallest absolute Gasteiger partial charge is 0.318 e. The van der Waals surface area contributed by atoms with E-state index in [0.717, 1.165) is 12.3 Å². The molecule has 0 saturated carbocycles. The van der Waals surface area contributed by atoms with Gasteiger partial charge in [0, 0.05) is 29.6 Å². The number of hydrogen-bond acceptors (Lipinski definition) is 6. The molecule has 2 heterocycles. The maximum absolute atomic E-state index is 5.72. The molecule has 1 aromatic rings. The molecule has 0 bridgehead atoms. The Morgan fingerprint density at radius 3 is 2.94 bits per heavy atom. The minimum absolute atomic E-state index is 0.422. The van der Waals surface area contributed by atoms with Gasteiger partial charge in [-0.1, -0.05) is 25.9 Å². The van der Waals surface area contributed by atoms with E-state index in [4.69, 9.17) is 4.42 Å². The molecule has 0 amide bonds. The zero-order valence-electron chi connectivity index (χ0n) is 11.5. The SMILES string of the molecule is CC(C)NCc1nnc(N2CCSC(C)C2C)o1. The first-order valence-electron chi connectivity index (χ1n) is 6.52. The molecule has 5 nitrogen and oxygen atoms in total. The lowest BCUT2D eigenvalue weighted by molar-refractivity contribution is 0.436. The molecule has 1 aliphatic rings. The number of nitrogens with one attached hydrogen (secondary N) is 1. The second-order valence-electron chi connectivity index (χ2n) is 5.02. The van der Waals surface area contributed by atoms with Crippen LogP contribution in [-0.4, -0.2) is 39.8 Å². The Morgan fingerprint density at radius 1 is 1.44 bits per heavy atom. The maximum Gasteiger partial charge on any atom is 0.318 e. The predicted octanol–water partition coefficient (Wildman–Crippen LogP) is 1.90. The Balaban J connectivity index is 2.00. The number of anilines is 1. The van der Waals surface area contributed by atoms with Crippen LogP contribution in [-0.2, 0) is 6.54 Å². The zero-order chi connectivity index (χ0) is 13.1. The monoisotopic (exact) mass is 270 g/mol. The van der Waals surface area contributed by atoms with Gasteiger partial charge in [-0.2, -0.15) is 11.8 Å². The van der Waals surface area contributed by atoms with Crippen molar-refractivity contribution in [2.45, 2.75) is 51.6 Å². The highest BCUT2D eigenvalue weighted by molar-refractivity contribution is 8.00. The van der Waals surface area contributed by atoms with Gasteiger partial charge in [-0.05, 0) is 6.92 Å². The van der Waals surface area contributed by atoms with Crippen molar-refractivity contribution >= 4 is 17.8 Å². The van der Waals surface area contributed by atoms with E-state index in [1.54, 1.807) is 0 Å². The lowest BCUT2D eigenvalue weighted by Gasteiger charge is -2.35. The molecule has 1 N–H and O–H groups in total. The van der Waals surface area contributed by atoms with E-state index in [1.165, 1.54) is 0 Å². The van der Waals surface area contributed by atoms with Crippen molar-refractivity contribution in [1.82, 2.24) is 15.5 Å².